The molecule has 1 N–H and O–H groups in total. The third-order valence-electron chi connectivity index (χ3n) is 12.1. The van der Waals surface area contributed by atoms with Crippen molar-refractivity contribution in [2.45, 2.75) is 76.0 Å². The highest BCUT2D eigenvalue weighted by Crippen LogP contribution is 2.65. The zero-order valence-electron chi connectivity index (χ0n) is 32.5. The SMILES string of the molecule is CC1(C)C2CCC1(CS(=O)(=O)[O-])C(=O)C2.CC1(C)C2CCC1(CS(=O)(=O)[O-])C(=O)C2.COC(=O)Oc1ccc([S+](C)C)cc1.C[S+](C)c1ccc(O)cc1. The summed E-state index contributed by atoms with van der Waals surface area (Å²) < 4.78 is 74.6. The third kappa shape index (κ3) is 10.4. The van der Waals surface area contributed by atoms with Crippen LogP contribution in [0.15, 0.2) is 58.3 Å². The lowest BCUT2D eigenvalue weighted by Crippen LogP contribution is -2.42. The summed E-state index contributed by atoms with van der Waals surface area (Å²) in [6, 6.07) is 14.8. The molecule has 4 aliphatic rings. The number of hydrogen-bond donors (Lipinski definition) is 1. The van der Waals surface area contributed by atoms with E-state index in [0.29, 0.717) is 48.1 Å². The summed E-state index contributed by atoms with van der Waals surface area (Å²) in [5.41, 5.74) is -2.44. The molecule has 0 aromatic heterocycles. The molecule has 0 heterocycles. The highest BCUT2D eigenvalue weighted by atomic mass is 32.2. The summed E-state index contributed by atoms with van der Waals surface area (Å²) in [6.45, 7) is 7.67. The van der Waals surface area contributed by atoms with Crippen LogP contribution in [0.4, 0.5) is 4.79 Å². The van der Waals surface area contributed by atoms with Crippen molar-refractivity contribution in [3.05, 3.63) is 48.5 Å². The maximum Gasteiger partial charge on any atom is 0.513 e. The maximum absolute atomic E-state index is 11.8. The van der Waals surface area contributed by atoms with Crippen LogP contribution in [0.2, 0.25) is 0 Å². The van der Waals surface area contributed by atoms with Crippen LogP contribution in [-0.2, 0) is 56.4 Å². The number of Topliss-reactive ketones (excluding diaryl/α,β-unsaturated/α-hetero) is 2. The van der Waals surface area contributed by atoms with Gasteiger partial charge >= 0.3 is 6.16 Å². The number of methoxy groups -OCH3 is 1. The molecular weight excluding hydrogens is 777 g/mol. The maximum atomic E-state index is 11.8. The number of hydrogen-bond acceptors (Lipinski definition) is 12. The second-order valence-corrected chi connectivity index (χ2v) is 22.9. The normalized spacial score (nSPS) is 25.9. The van der Waals surface area contributed by atoms with Crippen LogP contribution in [0.25, 0.3) is 0 Å². The molecule has 302 valence electrons. The van der Waals surface area contributed by atoms with Crippen LogP contribution < -0.4 is 4.74 Å². The van der Waals surface area contributed by atoms with Gasteiger partial charge in [-0.1, -0.05) is 27.7 Å². The fraction of sp³-hybridized carbons (Fsp3) is 0.605. The topological polar surface area (TPSA) is 204 Å². The minimum Gasteiger partial charge on any atom is -0.748 e. The van der Waals surface area contributed by atoms with Gasteiger partial charge in [0.05, 0.1) is 38.9 Å². The van der Waals surface area contributed by atoms with E-state index >= 15 is 0 Å². The fourth-order valence-corrected chi connectivity index (χ4v) is 12.4. The molecular formula is C38H54O12S4. The van der Waals surface area contributed by atoms with Gasteiger partial charge in [0.15, 0.2) is 9.79 Å². The molecule has 4 saturated carbocycles. The molecule has 16 heteroatoms. The third-order valence-corrected chi connectivity index (χ3v) is 16.2. The summed E-state index contributed by atoms with van der Waals surface area (Å²) in [5, 5.41) is 8.94. The van der Waals surface area contributed by atoms with Gasteiger partial charge in [-0.25, -0.2) is 21.6 Å². The Morgan fingerprint density at radius 1 is 0.722 bits per heavy atom. The second kappa shape index (κ2) is 17.2. The van der Waals surface area contributed by atoms with Gasteiger partial charge in [0.2, 0.25) is 0 Å². The predicted molar refractivity (Wildman–Crippen MR) is 209 cm³/mol. The van der Waals surface area contributed by atoms with Gasteiger partial charge in [0.1, 0.15) is 48.1 Å². The van der Waals surface area contributed by atoms with Gasteiger partial charge in [0, 0.05) is 45.5 Å². The number of phenols is 1. The first kappa shape index (κ1) is 45.8. The summed E-state index contributed by atoms with van der Waals surface area (Å²) in [6.07, 6.45) is 11.7. The van der Waals surface area contributed by atoms with Crippen LogP contribution in [-0.4, -0.2) is 92.4 Å². The molecule has 0 amide bonds. The van der Waals surface area contributed by atoms with Crippen LogP contribution in [0.5, 0.6) is 11.5 Å². The average Bonchev–Trinajstić information content (AvgIpc) is 3.58. The highest BCUT2D eigenvalue weighted by molar-refractivity contribution is 7.95. The van der Waals surface area contributed by atoms with Gasteiger partial charge in [-0.3, -0.25) is 9.59 Å². The minimum atomic E-state index is -4.33. The fourth-order valence-electron chi connectivity index (χ4n) is 8.46. The first-order chi connectivity index (χ1) is 24.7. The van der Waals surface area contributed by atoms with Crippen LogP contribution in [0, 0.1) is 33.5 Å². The lowest BCUT2D eigenvalue weighted by molar-refractivity contribution is -0.128. The van der Waals surface area contributed by atoms with Crippen molar-refractivity contribution >= 4 is 59.7 Å². The zero-order chi connectivity index (χ0) is 41.1. The summed E-state index contributed by atoms with van der Waals surface area (Å²) in [5.74, 6) is 0.287. The van der Waals surface area contributed by atoms with E-state index < -0.39 is 48.7 Å². The van der Waals surface area contributed by atoms with Crippen molar-refractivity contribution in [3.8, 4) is 11.5 Å². The second-order valence-electron chi connectivity index (χ2n) is 15.9. The smallest absolute Gasteiger partial charge is 0.513 e. The van der Waals surface area contributed by atoms with Crippen LogP contribution >= 0.6 is 0 Å². The molecule has 6 rings (SSSR count). The summed E-state index contributed by atoms with van der Waals surface area (Å²) in [7, 11) is -6.84. The number of aromatic hydroxyl groups is 1. The Balaban J connectivity index is 0.000000196. The Morgan fingerprint density at radius 2 is 1.07 bits per heavy atom. The number of ketones is 2. The quantitative estimate of drug-likeness (QED) is 0.158. The van der Waals surface area contributed by atoms with E-state index in [-0.39, 0.29) is 45.1 Å². The largest absolute Gasteiger partial charge is 0.748 e. The molecule has 4 atom stereocenters. The van der Waals surface area contributed by atoms with E-state index in [9.17, 15) is 40.3 Å². The van der Waals surface area contributed by atoms with E-state index in [1.807, 2.05) is 52.0 Å². The van der Waals surface area contributed by atoms with Crippen molar-refractivity contribution in [1.29, 1.82) is 0 Å². The Labute approximate surface area is 326 Å². The molecule has 4 fully saturated rings. The molecule has 4 aliphatic carbocycles. The molecule has 2 aromatic rings. The molecule has 0 aliphatic heterocycles. The molecule has 4 unspecified atom stereocenters. The first-order valence-corrected chi connectivity index (χ1v) is 24.7. The molecule has 54 heavy (non-hydrogen) atoms. The van der Waals surface area contributed by atoms with Gasteiger partial charge in [-0.15, -0.1) is 0 Å². The van der Waals surface area contributed by atoms with Gasteiger partial charge < -0.3 is 23.7 Å². The Bertz CT molecular complexity index is 1790. The lowest BCUT2D eigenvalue weighted by atomic mass is 9.70. The Morgan fingerprint density at radius 3 is 1.33 bits per heavy atom. The summed E-state index contributed by atoms with van der Waals surface area (Å²) >= 11 is 0. The van der Waals surface area contributed by atoms with Crippen molar-refractivity contribution in [2.75, 3.05) is 43.6 Å². The molecule has 0 saturated heterocycles. The monoisotopic (exact) mass is 830 g/mol. The number of ether oxygens (including phenoxy) is 2. The highest BCUT2D eigenvalue weighted by Gasteiger charge is 2.65. The van der Waals surface area contributed by atoms with E-state index in [2.05, 4.69) is 29.8 Å². The van der Waals surface area contributed by atoms with E-state index in [1.54, 1.807) is 24.3 Å². The van der Waals surface area contributed by atoms with E-state index in [0.717, 1.165) is 12.8 Å². The molecule has 0 spiro atoms. The van der Waals surface area contributed by atoms with Crippen molar-refractivity contribution in [3.63, 3.8) is 0 Å². The standard InChI is InChI=1S/2C10H16O4S.C10H13O3S.C8H10OS/c2*1-9(2)7-3-4-10(9,8(11)5-7)6-15(12,13)14;1-12-10(11)13-8-4-6-9(7-5-8)14(2)3;1-10(2)8-5-3-7(9)4-6-8/h2*7H,3-6H2,1-2H3,(H,12,13,14);4-7H,1-3H3;3-6H,1-2H3/q;;+1;/p-1. The lowest BCUT2D eigenvalue weighted by Gasteiger charge is -2.37. The molecule has 2 aromatic carbocycles. The van der Waals surface area contributed by atoms with Crippen molar-refractivity contribution < 1.29 is 54.9 Å². The number of carbonyl (C=O) groups excluding carboxylic acids is 3. The molecule has 0 radical (unpaired) electrons. The zero-order valence-corrected chi connectivity index (χ0v) is 35.8. The Hall–Kier alpha value is -2.63. The Kier molecular flexibility index (Phi) is 14.6. The van der Waals surface area contributed by atoms with Gasteiger partial charge in [-0.2, -0.15) is 0 Å². The van der Waals surface area contributed by atoms with E-state index in [4.69, 9.17) is 9.84 Å². The number of benzene rings is 2. The van der Waals surface area contributed by atoms with E-state index in [1.165, 1.54) is 16.9 Å². The van der Waals surface area contributed by atoms with Crippen molar-refractivity contribution in [1.82, 2.24) is 0 Å². The van der Waals surface area contributed by atoms with Crippen LogP contribution in [0.3, 0.4) is 0 Å². The predicted octanol–water partition coefficient (Wildman–Crippen LogP) is 5.55. The number of phenolic OH excluding ortho intramolecular Hbond substituents is 1. The number of rotatable bonds is 7. The molecule has 4 bridgehead atoms. The van der Waals surface area contributed by atoms with Crippen molar-refractivity contribution in [2.24, 2.45) is 33.5 Å². The average molecular weight is 831 g/mol. The van der Waals surface area contributed by atoms with Crippen LogP contribution in [0.1, 0.15) is 66.2 Å². The minimum absolute atomic E-state index is 0.0248. The number of carbonyl (C=O) groups is 3. The van der Waals surface area contributed by atoms with Gasteiger partial charge in [0.25, 0.3) is 0 Å². The molecule has 12 nitrogen and oxygen atoms in total. The number of fused-ring (bicyclic) bond motifs is 4. The first-order valence-electron chi connectivity index (χ1n) is 17.4. The summed E-state index contributed by atoms with van der Waals surface area (Å²) in [4.78, 5) is 37.0. The van der Waals surface area contributed by atoms with Gasteiger partial charge in [-0.05, 0) is 96.9 Å².